The zero-order chi connectivity index (χ0) is 19.8. The van der Waals surface area contributed by atoms with Gasteiger partial charge in [-0.1, -0.05) is 17.7 Å². The summed E-state index contributed by atoms with van der Waals surface area (Å²) in [5.74, 6) is -0.218. The first kappa shape index (κ1) is 19.6. The summed E-state index contributed by atoms with van der Waals surface area (Å²) in [7, 11) is 0. The Morgan fingerprint density at radius 3 is 2.96 bits per heavy atom. The molecular weight excluding hydrogens is 402 g/mol. The number of aromatic nitrogens is 1. The summed E-state index contributed by atoms with van der Waals surface area (Å²) in [6, 6.07) is 5.66. The first-order valence-electron chi connectivity index (χ1n) is 9.33. The van der Waals surface area contributed by atoms with E-state index in [0.29, 0.717) is 28.8 Å². The second-order valence-electron chi connectivity index (χ2n) is 7.49. The fourth-order valence-corrected chi connectivity index (χ4v) is 5.34. The molecule has 4 rings (SSSR count). The number of thiazole rings is 1. The van der Waals surface area contributed by atoms with E-state index in [1.54, 1.807) is 5.38 Å². The summed E-state index contributed by atoms with van der Waals surface area (Å²) in [5.41, 5.74) is 1.12. The molecule has 1 aromatic carbocycles. The number of hydrogen-bond acceptors (Lipinski definition) is 6. The third kappa shape index (κ3) is 3.89. The van der Waals surface area contributed by atoms with Gasteiger partial charge in [-0.25, -0.2) is 9.78 Å². The highest BCUT2D eigenvalue weighted by Crippen LogP contribution is 2.46. The fraction of sp³-hybridized carbons (Fsp3) is 0.500. The SMILES string of the molecule is Cc1ccc(OC[C@@H]2[C@H]3CC[C@H](c4nc(C(=O)O)cs4)O[C@H]3C[C@H]2O)c(Cl)c1. The average molecular weight is 424 g/mol. The van der Waals surface area contributed by atoms with Gasteiger partial charge >= 0.3 is 5.97 Å². The van der Waals surface area contributed by atoms with Crippen LogP contribution < -0.4 is 4.74 Å². The molecule has 8 heteroatoms. The summed E-state index contributed by atoms with van der Waals surface area (Å²) in [6.07, 6.45) is 1.40. The summed E-state index contributed by atoms with van der Waals surface area (Å²) in [4.78, 5) is 15.2. The Kier molecular flexibility index (Phi) is 5.60. The fourth-order valence-electron chi connectivity index (χ4n) is 4.19. The minimum absolute atomic E-state index is 0.0193. The van der Waals surface area contributed by atoms with Crippen LogP contribution in [-0.2, 0) is 4.74 Å². The van der Waals surface area contributed by atoms with E-state index in [-0.39, 0.29) is 29.7 Å². The maximum Gasteiger partial charge on any atom is 0.355 e. The zero-order valence-electron chi connectivity index (χ0n) is 15.4. The molecule has 5 atom stereocenters. The third-order valence-electron chi connectivity index (χ3n) is 5.63. The molecular formula is C20H22ClNO5S. The third-order valence-corrected chi connectivity index (χ3v) is 6.86. The minimum Gasteiger partial charge on any atom is -0.492 e. The molecule has 2 aliphatic rings. The van der Waals surface area contributed by atoms with Crippen molar-refractivity contribution in [2.45, 2.75) is 44.5 Å². The molecule has 1 aliphatic heterocycles. The van der Waals surface area contributed by atoms with Gasteiger partial charge in [-0.2, -0.15) is 0 Å². The van der Waals surface area contributed by atoms with E-state index in [4.69, 9.17) is 26.2 Å². The largest absolute Gasteiger partial charge is 0.492 e. The number of halogens is 1. The van der Waals surface area contributed by atoms with Gasteiger partial charge in [0, 0.05) is 17.7 Å². The Labute approximate surface area is 172 Å². The van der Waals surface area contributed by atoms with Crippen LogP contribution in [0.3, 0.4) is 0 Å². The topological polar surface area (TPSA) is 88.9 Å². The van der Waals surface area contributed by atoms with Gasteiger partial charge in [0.15, 0.2) is 5.69 Å². The Balaban J connectivity index is 1.40. The van der Waals surface area contributed by atoms with Crippen molar-refractivity contribution in [1.29, 1.82) is 0 Å². The Bertz CT molecular complexity index is 872. The molecule has 2 N–H and O–H groups in total. The second-order valence-corrected chi connectivity index (χ2v) is 8.79. The minimum atomic E-state index is -1.03. The highest BCUT2D eigenvalue weighted by Gasteiger charge is 2.47. The molecule has 0 radical (unpaired) electrons. The lowest BCUT2D eigenvalue weighted by Crippen LogP contribution is -2.33. The molecule has 0 bridgehead atoms. The van der Waals surface area contributed by atoms with E-state index in [0.717, 1.165) is 18.4 Å². The second kappa shape index (κ2) is 7.99. The van der Waals surface area contributed by atoms with Crippen molar-refractivity contribution in [3.05, 3.63) is 44.9 Å². The lowest BCUT2D eigenvalue weighted by atomic mass is 9.87. The predicted octanol–water partition coefficient (Wildman–Crippen LogP) is 4.10. The van der Waals surface area contributed by atoms with Crippen molar-refractivity contribution in [3.8, 4) is 5.75 Å². The number of aliphatic hydroxyl groups is 1. The number of carboxylic acids is 1. The number of carbonyl (C=O) groups is 1. The van der Waals surface area contributed by atoms with Crippen LogP contribution in [0.4, 0.5) is 0 Å². The van der Waals surface area contributed by atoms with Crippen molar-refractivity contribution in [3.63, 3.8) is 0 Å². The number of ether oxygens (including phenoxy) is 2. The van der Waals surface area contributed by atoms with Gasteiger partial charge in [0.05, 0.1) is 23.8 Å². The first-order valence-corrected chi connectivity index (χ1v) is 10.6. The van der Waals surface area contributed by atoms with Crippen LogP contribution in [0.2, 0.25) is 5.02 Å². The lowest BCUT2D eigenvalue weighted by molar-refractivity contribution is -0.0811. The Hall–Kier alpha value is -1.67. The van der Waals surface area contributed by atoms with Gasteiger partial charge in [-0.15, -0.1) is 11.3 Å². The number of carboxylic acid groups (broad SMARTS) is 1. The molecule has 2 fully saturated rings. The molecule has 28 heavy (non-hydrogen) atoms. The van der Waals surface area contributed by atoms with Gasteiger partial charge < -0.3 is 19.7 Å². The number of aliphatic hydroxyl groups excluding tert-OH is 1. The molecule has 2 heterocycles. The quantitative estimate of drug-likeness (QED) is 0.752. The maximum absolute atomic E-state index is 11.0. The molecule has 6 nitrogen and oxygen atoms in total. The van der Waals surface area contributed by atoms with Crippen molar-refractivity contribution in [2.24, 2.45) is 11.8 Å². The van der Waals surface area contributed by atoms with Crippen LogP contribution in [0.1, 0.15) is 46.4 Å². The number of hydrogen-bond donors (Lipinski definition) is 2. The first-order chi connectivity index (χ1) is 13.4. The molecule has 0 amide bonds. The van der Waals surface area contributed by atoms with E-state index in [9.17, 15) is 9.90 Å². The van der Waals surface area contributed by atoms with Crippen LogP contribution in [0, 0.1) is 18.8 Å². The van der Waals surface area contributed by atoms with Crippen LogP contribution in [0.25, 0.3) is 0 Å². The molecule has 1 aromatic heterocycles. The van der Waals surface area contributed by atoms with Gasteiger partial charge in [0.25, 0.3) is 0 Å². The predicted molar refractivity (Wildman–Crippen MR) is 105 cm³/mol. The number of benzene rings is 1. The normalized spacial score (nSPS) is 29.5. The average Bonchev–Trinajstić information content (AvgIpc) is 3.25. The van der Waals surface area contributed by atoms with Crippen LogP contribution >= 0.6 is 22.9 Å². The van der Waals surface area contributed by atoms with Gasteiger partial charge in [-0.05, 0) is 43.4 Å². The van der Waals surface area contributed by atoms with E-state index in [1.807, 2.05) is 25.1 Å². The monoisotopic (exact) mass is 423 g/mol. The Morgan fingerprint density at radius 2 is 2.25 bits per heavy atom. The Morgan fingerprint density at radius 1 is 1.43 bits per heavy atom. The lowest BCUT2D eigenvalue weighted by Gasteiger charge is -2.33. The number of aromatic carboxylic acids is 1. The van der Waals surface area contributed by atoms with Crippen molar-refractivity contribution < 1.29 is 24.5 Å². The number of fused-ring (bicyclic) bond motifs is 1. The van der Waals surface area contributed by atoms with Crippen molar-refractivity contribution in [1.82, 2.24) is 4.98 Å². The summed E-state index contributed by atoms with van der Waals surface area (Å²) >= 11 is 7.55. The van der Waals surface area contributed by atoms with Gasteiger partial charge in [-0.3, -0.25) is 0 Å². The van der Waals surface area contributed by atoms with Crippen LogP contribution in [0.5, 0.6) is 5.75 Å². The van der Waals surface area contributed by atoms with E-state index in [2.05, 4.69) is 4.98 Å². The van der Waals surface area contributed by atoms with E-state index in [1.165, 1.54) is 11.3 Å². The van der Waals surface area contributed by atoms with Crippen molar-refractivity contribution >= 4 is 28.9 Å². The summed E-state index contributed by atoms with van der Waals surface area (Å²) in [5, 5.41) is 22.4. The zero-order valence-corrected chi connectivity index (χ0v) is 16.9. The highest BCUT2D eigenvalue weighted by molar-refractivity contribution is 7.09. The molecule has 1 saturated heterocycles. The molecule has 1 saturated carbocycles. The van der Waals surface area contributed by atoms with Gasteiger partial charge in [0.2, 0.25) is 0 Å². The van der Waals surface area contributed by atoms with E-state index < -0.39 is 12.1 Å². The highest BCUT2D eigenvalue weighted by atomic mass is 35.5. The summed E-state index contributed by atoms with van der Waals surface area (Å²) < 4.78 is 12.1. The standard InChI is InChI=1S/C20H22ClNO5S/c1-10-2-4-16(13(21)6-10)26-8-12-11-3-5-17(27-18(11)7-15(12)23)19-22-14(9-28-19)20(24)25/h2,4,6,9,11-12,15,17-18,23H,3,5,7-8H2,1H3,(H,24,25)/t11-,12-,15-,17-,18+/m1/s1. The van der Waals surface area contributed by atoms with Crippen LogP contribution in [0.15, 0.2) is 23.6 Å². The summed E-state index contributed by atoms with van der Waals surface area (Å²) in [6.45, 7) is 2.36. The molecule has 150 valence electrons. The van der Waals surface area contributed by atoms with Gasteiger partial charge in [0.1, 0.15) is 16.9 Å². The molecule has 1 aliphatic carbocycles. The molecule has 0 unspecified atom stereocenters. The number of nitrogens with zero attached hydrogens (tertiary/aromatic N) is 1. The molecule has 2 aromatic rings. The smallest absolute Gasteiger partial charge is 0.355 e. The van der Waals surface area contributed by atoms with Crippen molar-refractivity contribution in [2.75, 3.05) is 6.61 Å². The van der Waals surface area contributed by atoms with E-state index >= 15 is 0 Å². The number of rotatable bonds is 5. The molecule has 0 spiro atoms. The van der Waals surface area contributed by atoms with Crippen LogP contribution in [-0.4, -0.2) is 40.0 Å². The maximum atomic E-state index is 11.0. The number of aryl methyl sites for hydroxylation is 1.